The molecular weight excluding hydrogens is 180 g/mol. The number of hydrogen-bond acceptors (Lipinski definition) is 3. The monoisotopic (exact) mass is 192 g/mol. The van der Waals surface area contributed by atoms with E-state index in [0.29, 0.717) is 12.0 Å². The van der Waals surface area contributed by atoms with E-state index >= 15 is 0 Å². The second kappa shape index (κ2) is 4.05. The van der Waals surface area contributed by atoms with Crippen LogP contribution in [0.5, 0.6) is 0 Å². The van der Waals surface area contributed by atoms with Crippen LogP contribution in [0.3, 0.4) is 0 Å². The van der Waals surface area contributed by atoms with Crippen LogP contribution >= 0.6 is 0 Å². The molecule has 0 bridgehead atoms. The predicted octanol–water partition coefficient (Wildman–Crippen LogP) is 0.994. The van der Waals surface area contributed by atoms with Crippen LogP contribution in [0.2, 0.25) is 0 Å². The second-order valence-electron chi connectivity index (χ2n) is 3.27. The number of amides is 2. The molecule has 1 atom stereocenters. The summed E-state index contributed by atoms with van der Waals surface area (Å²) in [7, 11) is 0. The third-order valence-corrected chi connectivity index (χ3v) is 2.30. The molecule has 1 aliphatic rings. The molecule has 1 aliphatic heterocycles. The van der Waals surface area contributed by atoms with Gasteiger partial charge in [0.2, 0.25) is 0 Å². The van der Waals surface area contributed by atoms with E-state index in [2.05, 4.69) is 0 Å². The average Bonchev–Trinajstić information content (AvgIpc) is 2.39. The summed E-state index contributed by atoms with van der Waals surface area (Å²) in [6, 6.07) is 1.70. The highest BCUT2D eigenvalue weighted by Gasteiger charge is 2.33. The molecule has 4 heteroatoms. The average molecular weight is 192 g/mol. The quantitative estimate of drug-likeness (QED) is 0.626. The fourth-order valence-electron chi connectivity index (χ4n) is 1.48. The van der Waals surface area contributed by atoms with Gasteiger partial charge >= 0.3 is 0 Å². The van der Waals surface area contributed by atoms with Gasteiger partial charge in [0.05, 0.1) is 18.5 Å². The molecule has 1 heterocycles. The van der Waals surface area contributed by atoms with Gasteiger partial charge in [-0.1, -0.05) is 6.92 Å². The van der Waals surface area contributed by atoms with Crippen molar-refractivity contribution in [2.24, 2.45) is 0 Å². The first-order valence-corrected chi connectivity index (χ1v) is 4.54. The summed E-state index contributed by atoms with van der Waals surface area (Å²) in [5, 5.41) is 8.55. The van der Waals surface area contributed by atoms with E-state index in [1.807, 2.05) is 13.0 Å². The fraction of sp³-hybridized carbons (Fsp3) is 0.500. The molecule has 0 spiro atoms. The Labute approximate surface area is 82.8 Å². The lowest BCUT2D eigenvalue weighted by molar-refractivity contribution is -0.139. The minimum atomic E-state index is -0.297. The molecule has 14 heavy (non-hydrogen) atoms. The highest BCUT2D eigenvalue weighted by atomic mass is 16.2. The molecule has 0 aromatic carbocycles. The first-order valence-electron chi connectivity index (χ1n) is 4.54. The third kappa shape index (κ3) is 1.67. The molecule has 2 amide bonds. The number of carbonyl (C=O) groups is 2. The number of rotatable bonds is 3. The highest BCUT2D eigenvalue weighted by molar-refractivity contribution is 6.16. The topological polar surface area (TPSA) is 61.2 Å². The molecule has 4 nitrogen and oxygen atoms in total. The standard InChI is InChI=1S/C10H12N2O2/c1-3-8(4-5-11)12-9(13)6-7(2)10(12)14/h6,8H,3-4H2,1-2H3. The van der Waals surface area contributed by atoms with Gasteiger partial charge in [0.25, 0.3) is 11.8 Å². The van der Waals surface area contributed by atoms with Crippen molar-refractivity contribution < 1.29 is 9.59 Å². The summed E-state index contributed by atoms with van der Waals surface area (Å²) in [6.45, 7) is 3.47. The van der Waals surface area contributed by atoms with Crippen molar-refractivity contribution in [2.45, 2.75) is 32.7 Å². The van der Waals surface area contributed by atoms with E-state index in [4.69, 9.17) is 5.26 Å². The molecule has 0 N–H and O–H groups in total. The summed E-state index contributed by atoms with van der Waals surface area (Å²) in [4.78, 5) is 24.1. The fourth-order valence-corrected chi connectivity index (χ4v) is 1.48. The van der Waals surface area contributed by atoms with E-state index in [9.17, 15) is 9.59 Å². The lowest BCUT2D eigenvalue weighted by Crippen LogP contribution is -2.40. The van der Waals surface area contributed by atoms with Crippen molar-refractivity contribution in [3.63, 3.8) is 0 Å². The molecular formula is C10H12N2O2. The van der Waals surface area contributed by atoms with E-state index < -0.39 is 0 Å². The summed E-state index contributed by atoms with van der Waals surface area (Å²) >= 11 is 0. The smallest absolute Gasteiger partial charge is 0.256 e. The van der Waals surface area contributed by atoms with Crippen molar-refractivity contribution in [1.82, 2.24) is 4.90 Å². The van der Waals surface area contributed by atoms with Crippen LogP contribution in [0, 0.1) is 11.3 Å². The zero-order chi connectivity index (χ0) is 10.7. The van der Waals surface area contributed by atoms with Gasteiger partial charge in [0, 0.05) is 11.6 Å². The molecule has 74 valence electrons. The number of nitrogens with zero attached hydrogens (tertiary/aromatic N) is 2. The van der Waals surface area contributed by atoms with Gasteiger partial charge < -0.3 is 0 Å². The lowest BCUT2D eigenvalue weighted by Gasteiger charge is -2.22. The molecule has 0 radical (unpaired) electrons. The molecule has 0 aromatic rings. The number of hydrogen-bond donors (Lipinski definition) is 0. The van der Waals surface area contributed by atoms with E-state index in [-0.39, 0.29) is 24.3 Å². The largest absolute Gasteiger partial charge is 0.271 e. The molecule has 0 fully saturated rings. The molecule has 0 saturated carbocycles. The van der Waals surface area contributed by atoms with E-state index in [0.717, 1.165) is 0 Å². The maximum absolute atomic E-state index is 11.5. The van der Waals surface area contributed by atoms with Crippen molar-refractivity contribution in [3.8, 4) is 6.07 Å². The number of imide groups is 1. The Bertz CT molecular complexity index is 339. The van der Waals surface area contributed by atoms with Gasteiger partial charge in [0.15, 0.2) is 0 Å². The zero-order valence-corrected chi connectivity index (χ0v) is 8.28. The van der Waals surface area contributed by atoms with Crippen molar-refractivity contribution in [2.75, 3.05) is 0 Å². The lowest BCUT2D eigenvalue weighted by atomic mass is 10.1. The third-order valence-electron chi connectivity index (χ3n) is 2.30. The van der Waals surface area contributed by atoms with Crippen LogP contribution in [0.25, 0.3) is 0 Å². The normalized spacial score (nSPS) is 18.1. The van der Waals surface area contributed by atoms with Gasteiger partial charge in [-0.2, -0.15) is 5.26 Å². The Morgan fingerprint density at radius 3 is 2.57 bits per heavy atom. The second-order valence-corrected chi connectivity index (χ2v) is 3.27. The van der Waals surface area contributed by atoms with Gasteiger partial charge in [-0.05, 0) is 13.3 Å². The van der Waals surface area contributed by atoms with Crippen LogP contribution in [0.15, 0.2) is 11.6 Å². The first-order chi connectivity index (χ1) is 6.61. The Morgan fingerprint density at radius 2 is 2.21 bits per heavy atom. The summed E-state index contributed by atoms with van der Waals surface area (Å²) in [6.07, 6.45) is 2.14. The Kier molecular flexibility index (Phi) is 3.03. The van der Waals surface area contributed by atoms with Gasteiger partial charge in [-0.15, -0.1) is 0 Å². The molecule has 0 saturated heterocycles. The van der Waals surface area contributed by atoms with Crippen molar-refractivity contribution >= 4 is 11.8 Å². The predicted molar refractivity (Wildman–Crippen MR) is 49.9 cm³/mol. The van der Waals surface area contributed by atoms with Crippen LogP contribution in [0.4, 0.5) is 0 Å². The summed E-state index contributed by atoms with van der Waals surface area (Å²) in [5.41, 5.74) is 0.450. The first kappa shape index (κ1) is 10.5. The van der Waals surface area contributed by atoms with Gasteiger partial charge in [0.1, 0.15) is 0 Å². The highest BCUT2D eigenvalue weighted by Crippen LogP contribution is 2.18. The van der Waals surface area contributed by atoms with E-state index in [1.165, 1.54) is 11.0 Å². The number of carbonyl (C=O) groups excluding carboxylic acids is 2. The summed E-state index contributed by atoms with van der Waals surface area (Å²) in [5.74, 6) is -0.563. The molecule has 0 aromatic heterocycles. The molecule has 1 unspecified atom stereocenters. The Balaban J connectivity index is 2.84. The Hall–Kier alpha value is -1.63. The number of nitriles is 1. The minimum absolute atomic E-state index is 0.203. The van der Waals surface area contributed by atoms with Gasteiger partial charge in [-0.25, -0.2) is 0 Å². The maximum atomic E-state index is 11.5. The zero-order valence-electron chi connectivity index (χ0n) is 8.28. The molecule has 1 rings (SSSR count). The SMILES string of the molecule is CCC(CC#N)N1C(=O)C=C(C)C1=O. The molecule has 0 aliphatic carbocycles. The summed E-state index contributed by atoms with van der Waals surface area (Å²) < 4.78 is 0. The Morgan fingerprint density at radius 1 is 1.57 bits per heavy atom. The minimum Gasteiger partial charge on any atom is -0.271 e. The van der Waals surface area contributed by atoms with Crippen molar-refractivity contribution in [1.29, 1.82) is 5.26 Å². The van der Waals surface area contributed by atoms with Crippen LogP contribution < -0.4 is 0 Å². The van der Waals surface area contributed by atoms with E-state index in [1.54, 1.807) is 6.92 Å². The maximum Gasteiger partial charge on any atom is 0.256 e. The van der Waals surface area contributed by atoms with Crippen molar-refractivity contribution in [3.05, 3.63) is 11.6 Å². The van der Waals surface area contributed by atoms with Crippen LogP contribution in [0.1, 0.15) is 26.7 Å². The van der Waals surface area contributed by atoms with Crippen LogP contribution in [-0.4, -0.2) is 22.8 Å². The van der Waals surface area contributed by atoms with Crippen LogP contribution in [-0.2, 0) is 9.59 Å². The van der Waals surface area contributed by atoms with Gasteiger partial charge in [-0.3, -0.25) is 14.5 Å².